The highest BCUT2D eigenvalue weighted by Crippen LogP contribution is 2.72. The molecule has 3 aromatic carbocycles. The van der Waals surface area contributed by atoms with Gasteiger partial charge in [-0.2, -0.15) is 8.42 Å². The molecule has 2 saturated carbocycles. The average molecular weight is 753 g/mol. The van der Waals surface area contributed by atoms with Crippen LogP contribution in [-0.4, -0.2) is 58.6 Å². The maximum absolute atomic E-state index is 14.9. The summed E-state index contributed by atoms with van der Waals surface area (Å²) in [5, 5.41) is 0. The van der Waals surface area contributed by atoms with E-state index in [1.54, 1.807) is 0 Å². The number of benzene rings is 3. The number of rotatable bonds is 13. The van der Waals surface area contributed by atoms with E-state index in [0.29, 0.717) is 64.6 Å². The first-order chi connectivity index (χ1) is 25.1. The standard InChI is InChI=1S/C40H48O10S2/c1-39(2)28-18-19-40(39,35(41)23-28)27-51(42,43)50-52(32-12-3-9-29(24-32)47-36-15-6-20-44-36,33-13-4-10-30(25-33)48-37-16-7-21-45-37)34-14-5-11-31(26-34)49-38-17-8-22-46-38/h3-5,9-14,24-26,28,36-38H,6-8,15-23,27H2,1-2H3. The van der Waals surface area contributed by atoms with Crippen LogP contribution in [-0.2, 0) is 32.8 Å². The SMILES string of the molecule is CC1(C)C2CCC1(CS(=O)(=O)OS(c1cccc(OC3CCCO3)c1)(c1cccc(OC3CCCO3)c1)c1cccc(OC3CCCO3)c1)C(=O)C2. The molecule has 2 aliphatic carbocycles. The summed E-state index contributed by atoms with van der Waals surface area (Å²) in [5.41, 5.74) is -1.50. The maximum Gasteiger partial charge on any atom is 0.278 e. The van der Waals surface area contributed by atoms with E-state index in [4.69, 9.17) is 32.1 Å². The average Bonchev–Trinajstić information content (AvgIpc) is 3.98. The van der Waals surface area contributed by atoms with Crippen LogP contribution >= 0.6 is 10.3 Å². The molecule has 3 aromatic rings. The van der Waals surface area contributed by atoms with E-state index < -0.39 is 55.9 Å². The number of fused-ring (bicyclic) bond motifs is 2. The molecule has 280 valence electrons. The summed E-state index contributed by atoms with van der Waals surface area (Å²) in [7, 11) is -7.54. The maximum atomic E-state index is 14.9. The fourth-order valence-electron chi connectivity index (χ4n) is 8.67. The first kappa shape index (κ1) is 35.9. The lowest BCUT2D eigenvalue weighted by atomic mass is 9.70. The number of hydrogen-bond acceptors (Lipinski definition) is 10. The Bertz CT molecular complexity index is 1730. The smallest absolute Gasteiger partial charge is 0.278 e. The number of ether oxygens (including phenoxy) is 6. The molecule has 0 amide bonds. The molecule has 0 spiro atoms. The van der Waals surface area contributed by atoms with Gasteiger partial charge in [0.1, 0.15) is 23.0 Å². The Labute approximate surface area is 308 Å². The van der Waals surface area contributed by atoms with Crippen LogP contribution in [0.1, 0.15) is 71.6 Å². The molecule has 5 unspecified atom stereocenters. The molecule has 0 radical (unpaired) electrons. The van der Waals surface area contributed by atoms with Gasteiger partial charge in [-0.25, -0.2) is 3.63 Å². The van der Waals surface area contributed by atoms with E-state index in [1.807, 2.05) is 86.6 Å². The second kappa shape index (κ2) is 14.3. The Balaban J connectivity index is 1.29. The van der Waals surface area contributed by atoms with Crippen molar-refractivity contribution in [1.82, 2.24) is 0 Å². The zero-order chi connectivity index (χ0) is 36.0. The number of ketones is 1. The van der Waals surface area contributed by atoms with Gasteiger partial charge in [0.15, 0.2) is 18.9 Å². The second-order valence-electron chi connectivity index (χ2n) is 15.1. The molecule has 52 heavy (non-hydrogen) atoms. The molecule has 5 aliphatic rings. The first-order valence-electron chi connectivity index (χ1n) is 18.5. The zero-order valence-corrected chi connectivity index (χ0v) is 31.5. The van der Waals surface area contributed by atoms with Gasteiger partial charge in [-0.15, -0.1) is 0 Å². The van der Waals surface area contributed by atoms with Gasteiger partial charge in [0.25, 0.3) is 10.1 Å². The monoisotopic (exact) mass is 752 g/mol. The van der Waals surface area contributed by atoms with Crippen molar-refractivity contribution in [3.63, 3.8) is 0 Å². The Morgan fingerprint density at radius 2 is 1.12 bits per heavy atom. The summed E-state index contributed by atoms with van der Waals surface area (Å²) in [6.07, 6.45) is 5.49. The van der Waals surface area contributed by atoms with Gasteiger partial charge in [-0.3, -0.25) is 4.79 Å². The minimum atomic E-state index is -4.40. The van der Waals surface area contributed by atoms with Crippen LogP contribution in [0, 0.1) is 16.7 Å². The number of carbonyl (C=O) groups is 1. The summed E-state index contributed by atoms with van der Waals surface area (Å²) in [5.74, 6) is 1.35. The molecule has 5 atom stereocenters. The minimum Gasteiger partial charge on any atom is -0.465 e. The van der Waals surface area contributed by atoms with Crippen molar-refractivity contribution in [2.75, 3.05) is 25.6 Å². The van der Waals surface area contributed by atoms with Gasteiger partial charge in [0.2, 0.25) is 0 Å². The van der Waals surface area contributed by atoms with Crippen LogP contribution in [0.3, 0.4) is 0 Å². The number of Topliss-reactive ketones (excluding diaryl/α,β-unsaturated/α-hetero) is 1. The number of carbonyl (C=O) groups excluding carboxylic acids is 1. The van der Waals surface area contributed by atoms with E-state index in [-0.39, 0.29) is 11.7 Å². The summed E-state index contributed by atoms with van der Waals surface area (Å²) >= 11 is 0. The van der Waals surface area contributed by atoms with Crippen LogP contribution in [0.5, 0.6) is 17.2 Å². The lowest BCUT2D eigenvalue weighted by Crippen LogP contribution is -2.42. The van der Waals surface area contributed by atoms with E-state index in [1.165, 1.54) is 0 Å². The summed E-state index contributed by atoms with van der Waals surface area (Å²) < 4.78 is 72.9. The highest BCUT2D eigenvalue weighted by Gasteiger charge is 2.66. The lowest BCUT2D eigenvalue weighted by Gasteiger charge is -2.42. The number of hydrogen-bond donors (Lipinski definition) is 0. The Morgan fingerprint density at radius 1 is 0.673 bits per heavy atom. The zero-order valence-electron chi connectivity index (χ0n) is 29.8. The highest BCUT2D eigenvalue weighted by molar-refractivity contribution is 8.33. The second-order valence-corrected chi connectivity index (χ2v) is 19.6. The summed E-state index contributed by atoms with van der Waals surface area (Å²) in [6, 6.07) is 22.3. The third kappa shape index (κ3) is 6.75. The van der Waals surface area contributed by atoms with Crippen molar-refractivity contribution in [2.24, 2.45) is 16.7 Å². The van der Waals surface area contributed by atoms with Gasteiger partial charge in [0.05, 0.1) is 31.0 Å². The third-order valence-electron chi connectivity index (χ3n) is 11.6. The Hall–Kier alpha value is -3.13. The van der Waals surface area contributed by atoms with Gasteiger partial charge in [0, 0.05) is 40.4 Å². The van der Waals surface area contributed by atoms with Crippen LogP contribution < -0.4 is 14.2 Å². The molecule has 10 nitrogen and oxygen atoms in total. The van der Waals surface area contributed by atoms with Crippen LogP contribution in [0.2, 0.25) is 0 Å². The predicted octanol–water partition coefficient (Wildman–Crippen LogP) is 8.17. The summed E-state index contributed by atoms with van der Waals surface area (Å²) in [4.78, 5) is 15.4. The predicted molar refractivity (Wildman–Crippen MR) is 194 cm³/mol. The molecule has 3 aliphatic heterocycles. The van der Waals surface area contributed by atoms with E-state index in [9.17, 15) is 13.2 Å². The summed E-state index contributed by atoms with van der Waals surface area (Å²) in [6.45, 7) is 5.93. The normalized spacial score (nSPS) is 29.9. The Morgan fingerprint density at radius 3 is 1.46 bits per heavy atom. The lowest BCUT2D eigenvalue weighted by molar-refractivity contribution is -0.128. The van der Waals surface area contributed by atoms with Crippen molar-refractivity contribution in [3.05, 3.63) is 72.8 Å². The van der Waals surface area contributed by atoms with Crippen molar-refractivity contribution < 1.29 is 45.3 Å². The van der Waals surface area contributed by atoms with Gasteiger partial charge in [-0.1, -0.05) is 32.0 Å². The quantitative estimate of drug-likeness (QED) is 0.169. The molecule has 5 fully saturated rings. The van der Waals surface area contributed by atoms with Crippen LogP contribution in [0.4, 0.5) is 0 Å². The van der Waals surface area contributed by atoms with E-state index in [0.717, 1.165) is 44.9 Å². The molecular weight excluding hydrogens is 705 g/mol. The van der Waals surface area contributed by atoms with E-state index >= 15 is 0 Å². The molecule has 2 bridgehead atoms. The third-order valence-corrected chi connectivity index (χ3v) is 16.9. The van der Waals surface area contributed by atoms with Crippen molar-refractivity contribution in [3.8, 4) is 17.2 Å². The minimum absolute atomic E-state index is 0.00686. The van der Waals surface area contributed by atoms with Crippen LogP contribution in [0.15, 0.2) is 87.5 Å². The molecule has 12 heteroatoms. The Kier molecular flexibility index (Phi) is 9.84. The largest absolute Gasteiger partial charge is 0.465 e. The topological polar surface area (TPSA) is 116 Å². The first-order valence-corrected chi connectivity index (χ1v) is 21.7. The van der Waals surface area contributed by atoms with Gasteiger partial charge >= 0.3 is 0 Å². The molecule has 0 N–H and O–H groups in total. The van der Waals surface area contributed by atoms with Gasteiger partial charge < -0.3 is 28.4 Å². The fourth-order valence-corrected chi connectivity index (χ4v) is 14.8. The fraction of sp³-hybridized carbons (Fsp3) is 0.525. The highest BCUT2D eigenvalue weighted by atomic mass is 32.3. The van der Waals surface area contributed by atoms with Crippen LogP contribution in [0.25, 0.3) is 0 Å². The van der Waals surface area contributed by atoms with Crippen molar-refractivity contribution >= 4 is 26.2 Å². The molecule has 3 saturated heterocycles. The molecular formula is C40H48O10S2. The molecule has 3 heterocycles. The van der Waals surface area contributed by atoms with Gasteiger partial charge in [-0.05, 0) is 108 Å². The molecule has 8 rings (SSSR count). The van der Waals surface area contributed by atoms with Crippen molar-refractivity contribution in [1.29, 1.82) is 0 Å². The van der Waals surface area contributed by atoms with E-state index in [2.05, 4.69) is 0 Å². The van der Waals surface area contributed by atoms with Crippen molar-refractivity contribution in [2.45, 2.75) is 105 Å². The molecule has 0 aromatic heterocycles.